The molecule has 1 aliphatic rings. The van der Waals surface area contributed by atoms with Crippen LogP contribution in [0.25, 0.3) is 10.9 Å². The highest BCUT2D eigenvalue weighted by atomic mass is 16.3. The summed E-state index contributed by atoms with van der Waals surface area (Å²) in [5.74, 6) is -0.721. The largest absolute Gasteiger partial charge is 0.388 e. The maximum Gasteiger partial charge on any atom is 0.270 e. The highest BCUT2D eigenvalue weighted by Crippen LogP contribution is 2.26. The predicted octanol–water partition coefficient (Wildman–Crippen LogP) is 1.01. The number of likely N-dealkylation sites (tertiary alicyclic amines) is 1. The van der Waals surface area contributed by atoms with Gasteiger partial charge in [0, 0.05) is 17.4 Å². The Morgan fingerprint density at radius 2 is 2.14 bits per heavy atom. The number of β-amino-alcohol motifs (C(OH)–C–C–N with tert-alkyl or cyclic N) is 1. The standard InChI is InChI=1S/C16H19N3O3/c17-14(20)9-16(22)6-3-7-19(10-16)15(21)13-8-11-4-1-2-5-12(11)18-13/h1-2,4-5,8,18,22H,3,6-7,9-10H2,(H2,17,20). The summed E-state index contributed by atoms with van der Waals surface area (Å²) in [4.78, 5) is 28.4. The molecule has 0 bridgehead atoms. The number of primary amides is 1. The van der Waals surface area contributed by atoms with Crippen LogP contribution in [0.4, 0.5) is 0 Å². The van der Waals surface area contributed by atoms with Crippen LogP contribution in [-0.4, -0.2) is 45.5 Å². The number of nitrogens with two attached hydrogens (primary N) is 1. The molecule has 1 atom stereocenters. The first kappa shape index (κ1) is 14.6. The topological polar surface area (TPSA) is 99.4 Å². The second-order valence-corrected chi connectivity index (χ2v) is 5.97. The lowest BCUT2D eigenvalue weighted by Gasteiger charge is -2.38. The molecule has 1 saturated heterocycles. The van der Waals surface area contributed by atoms with E-state index in [0.29, 0.717) is 25.1 Å². The Morgan fingerprint density at radius 3 is 2.86 bits per heavy atom. The quantitative estimate of drug-likeness (QED) is 0.789. The van der Waals surface area contributed by atoms with Gasteiger partial charge in [0.25, 0.3) is 5.91 Å². The number of rotatable bonds is 3. The zero-order chi connectivity index (χ0) is 15.7. The van der Waals surface area contributed by atoms with Gasteiger partial charge in [-0.25, -0.2) is 0 Å². The smallest absolute Gasteiger partial charge is 0.270 e. The molecule has 0 aliphatic carbocycles. The van der Waals surface area contributed by atoms with E-state index in [9.17, 15) is 14.7 Å². The van der Waals surface area contributed by atoms with Crippen molar-refractivity contribution in [3.05, 3.63) is 36.0 Å². The van der Waals surface area contributed by atoms with Gasteiger partial charge in [-0.3, -0.25) is 9.59 Å². The first-order valence-electron chi connectivity index (χ1n) is 7.35. The lowest BCUT2D eigenvalue weighted by Crippen LogP contribution is -2.51. The fourth-order valence-electron chi connectivity index (χ4n) is 3.11. The number of benzene rings is 1. The van der Waals surface area contributed by atoms with Crippen molar-refractivity contribution in [2.24, 2.45) is 5.73 Å². The molecule has 0 radical (unpaired) electrons. The molecule has 116 valence electrons. The molecular formula is C16H19N3O3. The van der Waals surface area contributed by atoms with Crippen molar-refractivity contribution < 1.29 is 14.7 Å². The predicted molar refractivity (Wildman–Crippen MR) is 82.2 cm³/mol. The average Bonchev–Trinajstić information content (AvgIpc) is 2.89. The third-order valence-electron chi connectivity index (χ3n) is 4.11. The number of hydrogen-bond donors (Lipinski definition) is 3. The van der Waals surface area contributed by atoms with Gasteiger partial charge in [-0.1, -0.05) is 18.2 Å². The van der Waals surface area contributed by atoms with Gasteiger partial charge >= 0.3 is 0 Å². The van der Waals surface area contributed by atoms with E-state index in [1.807, 2.05) is 24.3 Å². The maximum atomic E-state index is 12.6. The molecule has 4 N–H and O–H groups in total. The lowest BCUT2D eigenvalue weighted by molar-refractivity contribution is -0.125. The number of aromatic nitrogens is 1. The number of fused-ring (bicyclic) bond motifs is 1. The van der Waals surface area contributed by atoms with Crippen LogP contribution in [0.1, 0.15) is 29.8 Å². The third kappa shape index (κ3) is 2.82. The van der Waals surface area contributed by atoms with Gasteiger partial charge in [0.2, 0.25) is 5.91 Å². The highest BCUT2D eigenvalue weighted by Gasteiger charge is 2.37. The Labute approximate surface area is 127 Å². The number of aromatic amines is 1. The van der Waals surface area contributed by atoms with Crippen molar-refractivity contribution in [1.29, 1.82) is 0 Å². The Morgan fingerprint density at radius 1 is 1.36 bits per heavy atom. The fraction of sp³-hybridized carbons (Fsp3) is 0.375. The molecule has 1 aromatic heterocycles. The minimum Gasteiger partial charge on any atom is -0.388 e. The first-order chi connectivity index (χ1) is 10.5. The van der Waals surface area contributed by atoms with E-state index in [2.05, 4.69) is 4.98 Å². The summed E-state index contributed by atoms with van der Waals surface area (Å²) in [6.45, 7) is 0.694. The zero-order valence-electron chi connectivity index (χ0n) is 12.2. The van der Waals surface area contributed by atoms with E-state index in [1.165, 1.54) is 0 Å². The SMILES string of the molecule is NC(=O)CC1(O)CCCN(C(=O)c2cc3ccccc3[nH]2)C1. The Balaban J connectivity index is 1.80. The van der Waals surface area contributed by atoms with E-state index in [0.717, 1.165) is 10.9 Å². The first-order valence-corrected chi connectivity index (χ1v) is 7.35. The van der Waals surface area contributed by atoms with Gasteiger partial charge in [0.15, 0.2) is 0 Å². The molecule has 1 unspecified atom stereocenters. The van der Waals surface area contributed by atoms with Gasteiger partial charge in [-0.15, -0.1) is 0 Å². The molecule has 1 aliphatic heterocycles. The summed E-state index contributed by atoms with van der Waals surface area (Å²) >= 11 is 0. The minimum atomic E-state index is -1.22. The van der Waals surface area contributed by atoms with Crippen LogP contribution in [0, 0.1) is 0 Å². The molecule has 1 aromatic carbocycles. The van der Waals surface area contributed by atoms with Crippen LogP contribution in [0.5, 0.6) is 0 Å². The minimum absolute atomic E-state index is 0.122. The number of amides is 2. The Kier molecular flexibility index (Phi) is 3.62. The molecule has 2 amide bonds. The van der Waals surface area contributed by atoms with Crippen molar-refractivity contribution in [2.75, 3.05) is 13.1 Å². The third-order valence-corrected chi connectivity index (χ3v) is 4.11. The number of hydrogen-bond acceptors (Lipinski definition) is 3. The van der Waals surface area contributed by atoms with Crippen molar-refractivity contribution in [1.82, 2.24) is 9.88 Å². The summed E-state index contributed by atoms with van der Waals surface area (Å²) in [7, 11) is 0. The summed E-state index contributed by atoms with van der Waals surface area (Å²) in [5.41, 5.74) is 5.36. The molecule has 2 heterocycles. The molecule has 6 nitrogen and oxygen atoms in total. The van der Waals surface area contributed by atoms with Gasteiger partial charge in [-0.2, -0.15) is 0 Å². The number of aliphatic hydroxyl groups is 1. The number of carbonyl (C=O) groups is 2. The van der Waals surface area contributed by atoms with Gasteiger partial charge in [0.1, 0.15) is 5.69 Å². The second-order valence-electron chi connectivity index (χ2n) is 5.97. The summed E-state index contributed by atoms with van der Waals surface area (Å²) in [6, 6.07) is 9.46. The summed E-state index contributed by atoms with van der Waals surface area (Å²) in [6.07, 6.45) is 1.01. The molecule has 3 rings (SSSR count). The molecule has 0 spiro atoms. The van der Waals surface area contributed by atoms with Crippen LogP contribution in [-0.2, 0) is 4.79 Å². The monoisotopic (exact) mass is 301 g/mol. The number of para-hydroxylation sites is 1. The molecule has 22 heavy (non-hydrogen) atoms. The van der Waals surface area contributed by atoms with Crippen LogP contribution in [0.3, 0.4) is 0 Å². The second kappa shape index (κ2) is 5.46. The van der Waals surface area contributed by atoms with E-state index < -0.39 is 11.5 Å². The molecule has 2 aromatic rings. The van der Waals surface area contributed by atoms with Crippen molar-refractivity contribution in [3.8, 4) is 0 Å². The number of nitrogens with one attached hydrogen (secondary N) is 1. The molecule has 1 fully saturated rings. The average molecular weight is 301 g/mol. The number of nitrogens with zero attached hydrogens (tertiary/aromatic N) is 1. The normalized spacial score (nSPS) is 22.0. The summed E-state index contributed by atoms with van der Waals surface area (Å²) in [5, 5.41) is 11.4. The van der Waals surface area contributed by atoms with Crippen LogP contribution in [0.15, 0.2) is 30.3 Å². The van der Waals surface area contributed by atoms with Crippen LogP contribution < -0.4 is 5.73 Å². The van der Waals surface area contributed by atoms with E-state index in [1.54, 1.807) is 11.0 Å². The Bertz CT molecular complexity index is 691. The van der Waals surface area contributed by atoms with Gasteiger partial charge in [0.05, 0.1) is 18.6 Å². The van der Waals surface area contributed by atoms with Crippen molar-refractivity contribution in [2.45, 2.75) is 24.9 Å². The van der Waals surface area contributed by atoms with Gasteiger partial charge < -0.3 is 20.7 Å². The highest BCUT2D eigenvalue weighted by molar-refractivity contribution is 5.98. The van der Waals surface area contributed by atoms with Crippen LogP contribution >= 0.6 is 0 Å². The van der Waals surface area contributed by atoms with E-state index >= 15 is 0 Å². The van der Waals surface area contributed by atoms with E-state index in [-0.39, 0.29) is 18.9 Å². The van der Waals surface area contributed by atoms with Crippen molar-refractivity contribution >= 4 is 22.7 Å². The van der Waals surface area contributed by atoms with Gasteiger partial charge in [-0.05, 0) is 25.0 Å². The Hall–Kier alpha value is -2.34. The molecular weight excluding hydrogens is 282 g/mol. The molecule has 0 saturated carbocycles. The fourth-order valence-corrected chi connectivity index (χ4v) is 3.11. The number of piperidine rings is 1. The number of carbonyl (C=O) groups excluding carboxylic acids is 2. The van der Waals surface area contributed by atoms with Crippen molar-refractivity contribution in [3.63, 3.8) is 0 Å². The zero-order valence-corrected chi connectivity index (χ0v) is 12.2. The number of H-pyrrole nitrogens is 1. The van der Waals surface area contributed by atoms with Crippen LogP contribution in [0.2, 0.25) is 0 Å². The maximum absolute atomic E-state index is 12.6. The lowest BCUT2D eigenvalue weighted by atomic mass is 9.89. The molecule has 6 heteroatoms. The van der Waals surface area contributed by atoms with E-state index in [4.69, 9.17) is 5.73 Å². The summed E-state index contributed by atoms with van der Waals surface area (Å²) < 4.78 is 0.